The molecule has 2 saturated carbocycles. The van der Waals surface area contributed by atoms with E-state index in [1.807, 2.05) is 25.1 Å². The monoisotopic (exact) mass is 429 g/mol. The molecule has 0 spiro atoms. The number of ether oxygens (including phenoxy) is 1. The van der Waals surface area contributed by atoms with E-state index in [1.54, 1.807) is 6.20 Å². The summed E-state index contributed by atoms with van der Waals surface area (Å²) < 4.78 is 44.1. The maximum atomic E-state index is 12.7. The molecule has 2 heterocycles. The Bertz CT molecular complexity index is 1130. The Kier molecular flexibility index (Phi) is 4.50. The molecule has 8 heteroatoms. The minimum absolute atomic E-state index is 0.00731. The van der Waals surface area contributed by atoms with Crippen molar-refractivity contribution in [3.8, 4) is 5.75 Å². The first-order chi connectivity index (χ1) is 14.7. The molecule has 2 aromatic heterocycles. The normalized spacial score (nSPS) is 22.1. The van der Waals surface area contributed by atoms with Crippen LogP contribution >= 0.6 is 0 Å². The molecule has 31 heavy (non-hydrogen) atoms. The number of hydrogen-bond donors (Lipinski definition) is 2. The lowest BCUT2D eigenvalue weighted by Crippen LogP contribution is -2.32. The Labute approximate surface area is 177 Å². The zero-order chi connectivity index (χ0) is 21.8. The number of carbonyl (C=O) groups excluding carboxylic acids is 1. The summed E-state index contributed by atoms with van der Waals surface area (Å²) >= 11 is 0. The number of hydrogen-bond acceptors (Lipinski definition) is 3. The second-order valence-electron chi connectivity index (χ2n) is 8.81. The molecule has 1 aromatic carbocycles. The molecule has 2 aliphatic rings. The van der Waals surface area contributed by atoms with Crippen molar-refractivity contribution in [1.82, 2.24) is 9.97 Å². The Balaban J connectivity index is 1.22. The van der Waals surface area contributed by atoms with Gasteiger partial charge in [0.1, 0.15) is 11.4 Å². The highest BCUT2D eigenvalue weighted by atomic mass is 19.4. The third kappa shape index (κ3) is 3.86. The van der Waals surface area contributed by atoms with Crippen LogP contribution in [-0.2, 0) is 11.0 Å². The number of benzene rings is 1. The predicted octanol–water partition coefficient (Wildman–Crippen LogP) is 5.65. The summed E-state index contributed by atoms with van der Waals surface area (Å²) in [6.45, 7) is 1.96. The summed E-state index contributed by atoms with van der Waals surface area (Å²) in [5.74, 6) is 0.880. The van der Waals surface area contributed by atoms with E-state index in [9.17, 15) is 18.0 Å². The van der Waals surface area contributed by atoms with Crippen molar-refractivity contribution in [1.29, 1.82) is 0 Å². The van der Waals surface area contributed by atoms with Crippen molar-refractivity contribution >= 4 is 22.5 Å². The summed E-state index contributed by atoms with van der Waals surface area (Å²) in [6, 6.07) is 8.22. The van der Waals surface area contributed by atoms with E-state index in [2.05, 4.69) is 15.3 Å². The molecule has 0 radical (unpaired) electrons. The maximum Gasteiger partial charge on any atom is 0.433 e. The summed E-state index contributed by atoms with van der Waals surface area (Å²) in [6.07, 6.45) is 1.93. The Morgan fingerprint density at radius 1 is 1.23 bits per heavy atom. The quantitative estimate of drug-likeness (QED) is 0.551. The number of fused-ring (bicyclic) bond motifs is 1. The van der Waals surface area contributed by atoms with Gasteiger partial charge in [0.25, 0.3) is 0 Å². The van der Waals surface area contributed by atoms with Crippen LogP contribution in [0.3, 0.4) is 0 Å². The smallest absolute Gasteiger partial charge is 0.433 e. The van der Waals surface area contributed by atoms with E-state index < -0.39 is 11.9 Å². The number of nitrogens with one attached hydrogen (secondary N) is 2. The van der Waals surface area contributed by atoms with Gasteiger partial charge in [0.15, 0.2) is 0 Å². The SMILES string of the molecule is CC1(C(=O)Nc2c[nH]c3ccc(O[C@H]4C[C@@H](c5ccc(C(F)(F)F)nc5)C4)cc23)CC1. The second kappa shape index (κ2) is 7.00. The van der Waals surface area contributed by atoms with Gasteiger partial charge in [-0.25, -0.2) is 0 Å². The van der Waals surface area contributed by atoms with E-state index >= 15 is 0 Å². The minimum atomic E-state index is -4.42. The Morgan fingerprint density at radius 3 is 2.65 bits per heavy atom. The third-order valence-corrected chi connectivity index (χ3v) is 6.40. The lowest BCUT2D eigenvalue weighted by molar-refractivity contribution is -0.141. The van der Waals surface area contributed by atoms with Gasteiger partial charge in [-0.2, -0.15) is 13.2 Å². The zero-order valence-electron chi connectivity index (χ0n) is 16.9. The van der Waals surface area contributed by atoms with Crippen LogP contribution in [0.4, 0.5) is 18.9 Å². The molecular weight excluding hydrogens is 407 g/mol. The molecule has 5 nitrogen and oxygen atoms in total. The van der Waals surface area contributed by atoms with E-state index in [-0.39, 0.29) is 23.3 Å². The maximum absolute atomic E-state index is 12.7. The number of alkyl halides is 3. The van der Waals surface area contributed by atoms with Crippen LogP contribution < -0.4 is 10.1 Å². The average molecular weight is 429 g/mol. The van der Waals surface area contributed by atoms with Crippen LogP contribution in [0.1, 0.15) is 49.8 Å². The van der Waals surface area contributed by atoms with Crippen molar-refractivity contribution in [3.05, 3.63) is 54.0 Å². The molecule has 0 bridgehead atoms. The number of aromatic nitrogens is 2. The summed E-state index contributed by atoms with van der Waals surface area (Å²) in [5, 5.41) is 3.89. The fourth-order valence-electron chi connectivity index (χ4n) is 3.91. The molecule has 162 valence electrons. The largest absolute Gasteiger partial charge is 0.490 e. The second-order valence-corrected chi connectivity index (χ2v) is 8.81. The van der Waals surface area contributed by atoms with E-state index in [0.717, 1.165) is 53.9 Å². The zero-order valence-corrected chi connectivity index (χ0v) is 16.9. The van der Waals surface area contributed by atoms with Gasteiger partial charge >= 0.3 is 6.18 Å². The van der Waals surface area contributed by atoms with Crippen LogP contribution in [-0.4, -0.2) is 22.0 Å². The Morgan fingerprint density at radius 2 is 2.00 bits per heavy atom. The van der Waals surface area contributed by atoms with Gasteiger partial charge in [-0.05, 0) is 61.4 Å². The lowest BCUT2D eigenvalue weighted by atomic mass is 9.78. The standard InChI is InChI=1S/C23H22F3N3O2/c1-22(6-7-22)21(30)29-19-12-27-18-4-3-15(10-17(18)19)31-16-8-14(9-16)13-2-5-20(28-11-13)23(24,25)26/h2-5,10-12,14,16,27H,6-9H2,1H3,(H,29,30)/t14-,16+. The van der Waals surface area contributed by atoms with Gasteiger partial charge in [0.2, 0.25) is 5.91 Å². The topological polar surface area (TPSA) is 67.0 Å². The molecule has 2 fully saturated rings. The third-order valence-electron chi connectivity index (χ3n) is 6.40. The molecule has 0 saturated heterocycles. The molecule has 3 aromatic rings. The van der Waals surface area contributed by atoms with Crippen molar-refractivity contribution in [2.45, 2.75) is 50.8 Å². The highest BCUT2D eigenvalue weighted by Gasteiger charge is 2.45. The molecule has 2 N–H and O–H groups in total. The van der Waals surface area contributed by atoms with Gasteiger partial charge in [-0.3, -0.25) is 9.78 Å². The summed E-state index contributed by atoms with van der Waals surface area (Å²) in [5.41, 5.74) is 1.31. The van der Waals surface area contributed by atoms with Crippen LogP contribution in [0, 0.1) is 5.41 Å². The number of halogens is 3. The summed E-state index contributed by atoms with van der Waals surface area (Å²) in [4.78, 5) is 19.1. The first-order valence-corrected chi connectivity index (χ1v) is 10.3. The molecule has 0 aliphatic heterocycles. The Hall–Kier alpha value is -3.03. The van der Waals surface area contributed by atoms with Crippen molar-refractivity contribution in [3.63, 3.8) is 0 Å². The fraction of sp³-hybridized carbons (Fsp3) is 0.391. The number of nitrogens with zero attached hydrogens (tertiary/aromatic N) is 1. The predicted molar refractivity (Wildman–Crippen MR) is 110 cm³/mol. The number of amides is 1. The van der Waals surface area contributed by atoms with Gasteiger partial charge in [0.05, 0.1) is 11.8 Å². The van der Waals surface area contributed by atoms with Gasteiger partial charge in [-0.15, -0.1) is 0 Å². The molecule has 5 rings (SSSR count). The van der Waals surface area contributed by atoms with Crippen LogP contribution in [0.2, 0.25) is 0 Å². The van der Waals surface area contributed by atoms with Crippen molar-refractivity contribution in [2.75, 3.05) is 5.32 Å². The van der Waals surface area contributed by atoms with E-state index in [4.69, 9.17) is 4.74 Å². The average Bonchev–Trinajstić information content (AvgIpc) is 3.34. The van der Waals surface area contributed by atoms with Gasteiger partial charge < -0.3 is 15.0 Å². The number of anilines is 1. The molecule has 2 aliphatic carbocycles. The number of H-pyrrole nitrogens is 1. The first-order valence-electron chi connectivity index (χ1n) is 10.3. The van der Waals surface area contributed by atoms with Crippen LogP contribution in [0.15, 0.2) is 42.7 Å². The molecule has 0 unspecified atom stereocenters. The number of aromatic amines is 1. The van der Waals surface area contributed by atoms with Crippen molar-refractivity contribution in [2.24, 2.45) is 5.41 Å². The first kappa shape index (κ1) is 19.9. The summed E-state index contributed by atoms with van der Waals surface area (Å²) in [7, 11) is 0. The van der Waals surface area contributed by atoms with Crippen molar-refractivity contribution < 1.29 is 22.7 Å². The number of pyridine rings is 1. The minimum Gasteiger partial charge on any atom is -0.490 e. The lowest BCUT2D eigenvalue weighted by Gasteiger charge is -2.35. The fourth-order valence-corrected chi connectivity index (χ4v) is 3.91. The van der Waals surface area contributed by atoms with Crippen LogP contribution in [0.25, 0.3) is 10.9 Å². The highest BCUT2D eigenvalue weighted by Crippen LogP contribution is 2.46. The van der Waals surface area contributed by atoms with E-state index in [1.165, 1.54) is 12.3 Å². The number of rotatable bonds is 5. The van der Waals surface area contributed by atoms with E-state index in [0.29, 0.717) is 5.75 Å². The van der Waals surface area contributed by atoms with Crippen LogP contribution in [0.5, 0.6) is 5.75 Å². The number of carbonyl (C=O) groups is 1. The van der Waals surface area contributed by atoms with Gasteiger partial charge in [-0.1, -0.05) is 13.0 Å². The highest BCUT2D eigenvalue weighted by molar-refractivity contribution is 6.04. The van der Waals surface area contributed by atoms with Gasteiger partial charge in [0, 0.05) is 28.7 Å². The molecular formula is C23H22F3N3O2. The molecule has 1 amide bonds. The molecule has 0 atom stereocenters.